The van der Waals surface area contributed by atoms with Crippen molar-refractivity contribution >= 4 is 29.0 Å². The van der Waals surface area contributed by atoms with Crippen molar-refractivity contribution in [3.8, 4) is 0 Å². The van der Waals surface area contributed by atoms with E-state index < -0.39 is 36.8 Å². The van der Waals surface area contributed by atoms with Gasteiger partial charge in [-0.1, -0.05) is 0 Å². The lowest BCUT2D eigenvalue weighted by Crippen LogP contribution is -2.45. The fraction of sp³-hybridized carbons (Fsp3) is 0.467. The number of primary amides is 1. The smallest absolute Gasteiger partial charge is 0.337 e. The van der Waals surface area contributed by atoms with Crippen LogP contribution in [-0.4, -0.2) is 66.3 Å². The minimum Gasteiger partial charge on any atom is -0.466 e. The van der Waals surface area contributed by atoms with Gasteiger partial charge in [0.25, 0.3) is 5.92 Å². The zero-order valence-corrected chi connectivity index (χ0v) is 14.7. The van der Waals surface area contributed by atoms with E-state index in [0.29, 0.717) is 16.5 Å². The third-order valence-corrected chi connectivity index (χ3v) is 4.93. The van der Waals surface area contributed by atoms with E-state index in [1.165, 1.54) is 23.3 Å². The van der Waals surface area contributed by atoms with Gasteiger partial charge in [0.05, 0.1) is 31.8 Å². The number of esters is 1. The first-order valence-corrected chi connectivity index (χ1v) is 8.61. The first kappa shape index (κ1) is 18.4. The van der Waals surface area contributed by atoms with Crippen molar-refractivity contribution < 1.29 is 23.1 Å². The summed E-state index contributed by atoms with van der Waals surface area (Å²) in [6.07, 6.45) is 0.962. The SMILES string of the molecule is COC(=O)C1=C(CN2CC(F)(F)CC2C(N)=O)NC(c2nccs2)=NC1. The molecule has 1 amide bonds. The molecule has 26 heavy (non-hydrogen) atoms. The number of rotatable bonds is 5. The Labute approximate surface area is 151 Å². The number of carbonyl (C=O) groups excluding carboxylic acids is 2. The van der Waals surface area contributed by atoms with Gasteiger partial charge >= 0.3 is 5.97 Å². The van der Waals surface area contributed by atoms with Gasteiger partial charge in [-0.25, -0.2) is 18.6 Å². The molecule has 3 rings (SSSR count). The Morgan fingerprint density at radius 3 is 2.92 bits per heavy atom. The highest BCUT2D eigenvalue weighted by molar-refractivity contribution is 7.11. The highest BCUT2D eigenvalue weighted by atomic mass is 32.1. The Morgan fingerprint density at radius 1 is 1.54 bits per heavy atom. The summed E-state index contributed by atoms with van der Waals surface area (Å²) in [5.74, 6) is -4.03. The van der Waals surface area contributed by atoms with Crippen molar-refractivity contribution in [1.29, 1.82) is 0 Å². The molecule has 0 bridgehead atoms. The van der Waals surface area contributed by atoms with E-state index in [1.807, 2.05) is 0 Å². The molecular weight excluding hydrogens is 368 g/mol. The Hall–Kier alpha value is -2.40. The van der Waals surface area contributed by atoms with Gasteiger partial charge < -0.3 is 15.8 Å². The number of ether oxygens (including phenoxy) is 1. The van der Waals surface area contributed by atoms with Crippen molar-refractivity contribution in [2.75, 3.05) is 26.7 Å². The first-order chi connectivity index (χ1) is 12.3. The second kappa shape index (κ2) is 7.08. The molecule has 0 saturated carbocycles. The van der Waals surface area contributed by atoms with Crippen molar-refractivity contribution in [2.24, 2.45) is 10.7 Å². The zero-order valence-electron chi connectivity index (χ0n) is 13.9. The predicted molar refractivity (Wildman–Crippen MR) is 89.8 cm³/mol. The number of methoxy groups -OCH3 is 1. The average molecular weight is 385 g/mol. The molecule has 11 heteroatoms. The number of aliphatic imine (C=N–C) groups is 1. The molecule has 0 aliphatic carbocycles. The third kappa shape index (κ3) is 3.73. The summed E-state index contributed by atoms with van der Waals surface area (Å²) in [6, 6.07) is -1.11. The van der Waals surface area contributed by atoms with Crippen LogP contribution in [0.25, 0.3) is 0 Å². The topological polar surface area (TPSA) is 110 Å². The largest absolute Gasteiger partial charge is 0.466 e. The lowest BCUT2D eigenvalue weighted by Gasteiger charge is -2.26. The highest BCUT2D eigenvalue weighted by Gasteiger charge is 2.47. The Bertz CT molecular complexity index is 778. The van der Waals surface area contributed by atoms with Gasteiger partial charge in [0.1, 0.15) is 0 Å². The molecule has 3 heterocycles. The number of aromatic nitrogens is 1. The highest BCUT2D eigenvalue weighted by Crippen LogP contribution is 2.32. The summed E-state index contributed by atoms with van der Waals surface area (Å²) in [5.41, 5.74) is 5.83. The molecule has 0 aromatic carbocycles. The van der Waals surface area contributed by atoms with Gasteiger partial charge in [0, 0.05) is 30.2 Å². The normalized spacial score (nSPS) is 22.7. The van der Waals surface area contributed by atoms with Gasteiger partial charge in [0.2, 0.25) is 5.91 Å². The van der Waals surface area contributed by atoms with Crippen molar-refractivity contribution in [3.63, 3.8) is 0 Å². The van der Waals surface area contributed by atoms with Crippen LogP contribution in [0.4, 0.5) is 8.78 Å². The van der Waals surface area contributed by atoms with Crippen LogP contribution < -0.4 is 11.1 Å². The van der Waals surface area contributed by atoms with Crippen LogP contribution in [0.15, 0.2) is 27.8 Å². The van der Waals surface area contributed by atoms with Crippen molar-refractivity contribution in [1.82, 2.24) is 15.2 Å². The van der Waals surface area contributed by atoms with E-state index >= 15 is 0 Å². The van der Waals surface area contributed by atoms with E-state index in [4.69, 9.17) is 10.5 Å². The van der Waals surface area contributed by atoms with E-state index in [9.17, 15) is 18.4 Å². The lowest BCUT2D eigenvalue weighted by molar-refractivity contribution is -0.136. The maximum Gasteiger partial charge on any atom is 0.337 e. The minimum absolute atomic E-state index is 0.0232. The number of amidine groups is 1. The summed E-state index contributed by atoms with van der Waals surface area (Å²) in [6.45, 7) is -0.683. The molecule has 2 aliphatic rings. The average Bonchev–Trinajstić information content (AvgIpc) is 3.22. The summed E-state index contributed by atoms with van der Waals surface area (Å²) in [4.78, 5) is 33.2. The van der Waals surface area contributed by atoms with Gasteiger partial charge in [-0.3, -0.25) is 14.7 Å². The third-order valence-electron chi connectivity index (χ3n) is 4.15. The number of nitrogens with zero attached hydrogens (tertiary/aromatic N) is 3. The molecule has 0 spiro atoms. The lowest BCUT2D eigenvalue weighted by atomic mass is 10.1. The second-order valence-corrected chi connectivity index (χ2v) is 6.85. The van der Waals surface area contributed by atoms with Gasteiger partial charge in [0.15, 0.2) is 10.8 Å². The number of carbonyl (C=O) groups is 2. The Morgan fingerprint density at radius 2 is 2.31 bits per heavy atom. The maximum atomic E-state index is 13.8. The number of thiazole rings is 1. The number of hydrogen-bond donors (Lipinski definition) is 2. The predicted octanol–water partition coefficient (Wildman–Crippen LogP) is 0.115. The Balaban J connectivity index is 1.86. The summed E-state index contributed by atoms with van der Waals surface area (Å²) < 4.78 is 32.3. The van der Waals surface area contributed by atoms with Crippen LogP contribution in [0.3, 0.4) is 0 Å². The first-order valence-electron chi connectivity index (χ1n) is 7.73. The zero-order chi connectivity index (χ0) is 18.9. The molecule has 8 nitrogen and oxygen atoms in total. The fourth-order valence-corrected chi connectivity index (χ4v) is 3.55. The van der Waals surface area contributed by atoms with Gasteiger partial charge in [-0.2, -0.15) is 0 Å². The molecule has 1 unspecified atom stereocenters. The monoisotopic (exact) mass is 385 g/mol. The quantitative estimate of drug-likeness (QED) is 0.697. The summed E-state index contributed by atoms with van der Waals surface area (Å²) >= 11 is 1.34. The number of halogens is 2. The van der Waals surface area contributed by atoms with Crippen LogP contribution >= 0.6 is 11.3 Å². The number of nitrogens with two attached hydrogens (primary N) is 1. The number of amides is 1. The second-order valence-electron chi connectivity index (χ2n) is 5.96. The van der Waals surface area contributed by atoms with Crippen LogP contribution in [0.5, 0.6) is 0 Å². The molecule has 140 valence electrons. The molecule has 1 aromatic heterocycles. The molecule has 0 radical (unpaired) electrons. The molecule has 1 atom stereocenters. The maximum absolute atomic E-state index is 13.8. The van der Waals surface area contributed by atoms with Crippen molar-refractivity contribution in [2.45, 2.75) is 18.4 Å². The molecule has 3 N–H and O–H groups in total. The number of nitrogens with one attached hydrogen (secondary N) is 1. The molecule has 2 aliphatic heterocycles. The molecule has 1 aromatic rings. The van der Waals surface area contributed by atoms with Crippen molar-refractivity contribution in [3.05, 3.63) is 27.9 Å². The number of hydrogen-bond acceptors (Lipinski definition) is 8. The van der Waals surface area contributed by atoms with E-state index in [1.54, 1.807) is 11.6 Å². The number of alkyl halides is 2. The van der Waals surface area contributed by atoms with E-state index in [0.717, 1.165) is 0 Å². The standard InChI is InChI=1S/C15H17F2N5O3S/c1-25-14(24)8-5-20-12(13-19-2-3-26-13)21-9(8)6-22-7-15(16,17)4-10(22)11(18)23/h2-3,10H,4-7H2,1H3,(H2,18,23)(H,20,21). The fourth-order valence-electron chi connectivity index (χ4n) is 2.95. The summed E-state index contributed by atoms with van der Waals surface area (Å²) in [5, 5.41) is 5.34. The van der Waals surface area contributed by atoms with Gasteiger partial charge in [-0.05, 0) is 0 Å². The summed E-state index contributed by atoms with van der Waals surface area (Å²) in [7, 11) is 1.23. The van der Waals surface area contributed by atoms with Crippen LogP contribution in [0.2, 0.25) is 0 Å². The van der Waals surface area contributed by atoms with Crippen LogP contribution in [0.1, 0.15) is 11.4 Å². The van der Waals surface area contributed by atoms with E-state index in [-0.39, 0.29) is 18.7 Å². The van der Waals surface area contributed by atoms with E-state index in [2.05, 4.69) is 15.3 Å². The Kier molecular flexibility index (Phi) is 5.01. The van der Waals surface area contributed by atoms with Gasteiger partial charge in [-0.15, -0.1) is 11.3 Å². The minimum atomic E-state index is -3.02. The van der Waals surface area contributed by atoms with Crippen LogP contribution in [-0.2, 0) is 14.3 Å². The molecule has 1 fully saturated rings. The molecular formula is C15H17F2N5O3S. The molecule has 1 saturated heterocycles. The van der Waals surface area contributed by atoms with Crippen LogP contribution in [0, 0.1) is 0 Å². The number of likely N-dealkylation sites (tertiary alicyclic amines) is 1.